The molecule has 2 N–H and O–H groups in total. The molecule has 0 saturated carbocycles. The SMILES string of the molecule is CSc1ccc(C(=O)NNc2nc3c(C)ccc(Cl)c3s2)cc1. The van der Waals surface area contributed by atoms with Crippen molar-refractivity contribution < 1.29 is 4.79 Å². The van der Waals surface area contributed by atoms with Gasteiger partial charge in [0.25, 0.3) is 5.91 Å². The summed E-state index contributed by atoms with van der Waals surface area (Å²) in [6.07, 6.45) is 2.00. The average molecular weight is 364 g/mol. The van der Waals surface area contributed by atoms with Crippen molar-refractivity contribution in [2.45, 2.75) is 11.8 Å². The topological polar surface area (TPSA) is 54.0 Å². The first kappa shape index (κ1) is 16.1. The molecule has 0 bridgehead atoms. The molecule has 0 atom stereocenters. The fourth-order valence-corrected chi connectivity index (χ4v) is 3.66. The third kappa shape index (κ3) is 3.44. The smallest absolute Gasteiger partial charge is 0.269 e. The van der Waals surface area contributed by atoms with Crippen LogP contribution in [0.4, 0.5) is 5.13 Å². The van der Waals surface area contributed by atoms with Gasteiger partial charge in [0.1, 0.15) is 0 Å². The van der Waals surface area contributed by atoms with Gasteiger partial charge in [-0.25, -0.2) is 4.98 Å². The first-order valence-electron chi connectivity index (χ1n) is 6.84. The van der Waals surface area contributed by atoms with Crippen LogP contribution >= 0.6 is 34.7 Å². The molecular weight excluding hydrogens is 350 g/mol. The summed E-state index contributed by atoms with van der Waals surface area (Å²) in [7, 11) is 0. The van der Waals surface area contributed by atoms with E-state index in [4.69, 9.17) is 11.6 Å². The summed E-state index contributed by atoms with van der Waals surface area (Å²) in [6, 6.07) is 11.2. The van der Waals surface area contributed by atoms with E-state index in [2.05, 4.69) is 15.8 Å². The highest BCUT2D eigenvalue weighted by Crippen LogP contribution is 2.33. The van der Waals surface area contributed by atoms with Crippen molar-refractivity contribution in [3.63, 3.8) is 0 Å². The number of thiazole rings is 1. The van der Waals surface area contributed by atoms with E-state index in [1.807, 2.05) is 37.4 Å². The number of carbonyl (C=O) groups excluding carboxylic acids is 1. The molecule has 4 nitrogen and oxygen atoms in total. The lowest BCUT2D eigenvalue weighted by molar-refractivity contribution is 0.0962. The fourth-order valence-electron chi connectivity index (χ4n) is 2.08. The van der Waals surface area contributed by atoms with Gasteiger partial charge in [0.05, 0.1) is 15.2 Å². The number of nitrogens with one attached hydrogen (secondary N) is 2. The van der Waals surface area contributed by atoms with Crippen molar-refractivity contribution in [2.75, 3.05) is 11.7 Å². The molecule has 0 aliphatic carbocycles. The minimum atomic E-state index is -0.209. The molecule has 0 aliphatic rings. The summed E-state index contributed by atoms with van der Waals surface area (Å²) in [5.74, 6) is -0.209. The van der Waals surface area contributed by atoms with E-state index in [0.717, 1.165) is 20.7 Å². The predicted octanol–water partition coefficient (Wildman–Crippen LogP) is 4.74. The highest BCUT2D eigenvalue weighted by Gasteiger charge is 2.11. The molecule has 23 heavy (non-hydrogen) atoms. The average Bonchev–Trinajstić information content (AvgIpc) is 3.02. The van der Waals surface area contributed by atoms with Crippen LogP contribution < -0.4 is 10.9 Å². The second-order valence-electron chi connectivity index (χ2n) is 4.87. The molecule has 2 aromatic carbocycles. The highest BCUT2D eigenvalue weighted by molar-refractivity contribution is 7.98. The quantitative estimate of drug-likeness (QED) is 0.519. The Labute approximate surface area is 147 Å². The van der Waals surface area contributed by atoms with Gasteiger partial charge in [0.2, 0.25) is 5.13 Å². The van der Waals surface area contributed by atoms with Crippen LogP contribution in [-0.4, -0.2) is 17.1 Å². The lowest BCUT2D eigenvalue weighted by Crippen LogP contribution is -2.29. The van der Waals surface area contributed by atoms with Gasteiger partial charge >= 0.3 is 0 Å². The number of rotatable bonds is 4. The summed E-state index contributed by atoms with van der Waals surface area (Å²) in [5.41, 5.74) is 8.01. The minimum absolute atomic E-state index is 0.209. The number of thioether (sulfide) groups is 1. The number of hydrazine groups is 1. The summed E-state index contributed by atoms with van der Waals surface area (Å²) in [5, 5.41) is 1.26. The normalized spacial score (nSPS) is 10.7. The third-order valence-corrected chi connectivity index (χ3v) is 5.51. The van der Waals surface area contributed by atoms with Crippen LogP contribution in [-0.2, 0) is 0 Å². The summed E-state index contributed by atoms with van der Waals surface area (Å²) >= 11 is 9.23. The summed E-state index contributed by atoms with van der Waals surface area (Å²) in [6.45, 7) is 1.98. The Morgan fingerprint density at radius 3 is 2.61 bits per heavy atom. The fraction of sp³-hybridized carbons (Fsp3) is 0.125. The molecule has 1 amide bonds. The Morgan fingerprint density at radius 2 is 1.96 bits per heavy atom. The molecule has 3 aromatic rings. The van der Waals surface area contributed by atoms with Crippen molar-refractivity contribution in [3.05, 3.63) is 52.5 Å². The van der Waals surface area contributed by atoms with Crippen molar-refractivity contribution in [1.82, 2.24) is 10.4 Å². The molecule has 1 heterocycles. The van der Waals surface area contributed by atoms with Gasteiger partial charge in [-0.05, 0) is 49.1 Å². The van der Waals surface area contributed by atoms with E-state index < -0.39 is 0 Å². The molecule has 0 radical (unpaired) electrons. The number of hydrogen-bond acceptors (Lipinski definition) is 5. The van der Waals surface area contributed by atoms with Crippen molar-refractivity contribution in [1.29, 1.82) is 0 Å². The van der Waals surface area contributed by atoms with Crippen LogP contribution in [0.5, 0.6) is 0 Å². The Hall–Kier alpha value is -1.76. The number of aryl methyl sites for hydroxylation is 1. The summed E-state index contributed by atoms with van der Waals surface area (Å²) in [4.78, 5) is 17.7. The predicted molar refractivity (Wildman–Crippen MR) is 98.7 cm³/mol. The van der Waals surface area contributed by atoms with Gasteiger partial charge in [0, 0.05) is 10.5 Å². The second kappa shape index (κ2) is 6.78. The Morgan fingerprint density at radius 1 is 1.22 bits per heavy atom. The molecule has 118 valence electrons. The molecule has 0 aliphatic heterocycles. The van der Waals surface area contributed by atoms with E-state index in [1.54, 1.807) is 23.9 Å². The van der Waals surface area contributed by atoms with Crippen LogP contribution in [0, 0.1) is 6.92 Å². The first-order chi connectivity index (χ1) is 11.1. The highest BCUT2D eigenvalue weighted by atomic mass is 35.5. The number of benzene rings is 2. The zero-order chi connectivity index (χ0) is 16.4. The van der Waals surface area contributed by atoms with E-state index in [0.29, 0.717) is 15.7 Å². The standard InChI is InChI=1S/C16H14ClN3OS2/c1-9-3-8-12(17)14-13(9)18-16(23-14)20-19-15(21)10-4-6-11(22-2)7-5-10/h3-8H,1-2H3,(H,18,20)(H,19,21). The lowest BCUT2D eigenvalue weighted by Gasteiger charge is -2.05. The molecule has 0 unspecified atom stereocenters. The van der Waals surface area contributed by atoms with Crippen LogP contribution in [0.3, 0.4) is 0 Å². The number of nitrogens with zero attached hydrogens (tertiary/aromatic N) is 1. The van der Waals surface area contributed by atoms with Gasteiger partial charge in [0.15, 0.2) is 0 Å². The number of carbonyl (C=O) groups is 1. The van der Waals surface area contributed by atoms with Gasteiger partial charge in [-0.1, -0.05) is 29.0 Å². The molecule has 7 heteroatoms. The van der Waals surface area contributed by atoms with Crippen LogP contribution in [0.15, 0.2) is 41.3 Å². The number of fused-ring (bicyclic) bond motifs is 1. The minimum Gasteiger partial charge on any atom is -0.273 e. The number of halogens is 1. The number of anilines is 1. The van der Waals surface area contributed by atoms with Gasteiger partial charge < -0.3 is 0 Å². The number of aromatic nitrogens is 1. The number of hydrogen-bond donors (Lipinski definition) is 2. The number of amides is 1. The maximum atomic E-state index is 12.1. The van der Waals surface area contributed by atoms with Gasteiger partial charge in [-0.3, -0.25) is 15.6 Å². The van der Waals surface area contributed by atoms with Crippen molar-refractivity contribution in [2.24, 2.45) is 0 Å². The molecule has 0 fully saturated rings. The first-order valence-corrected chi connectivity index (χ1v) is 9.26. The molecule has 0 saturated heterocycles. The van der Waals surface area contributed by atoms with Gasteiger partial charge in [-0.15, -0.1) is 11.8 Å². The van der Waals surface area contributed by atoms with Crippen LogP contribution in [0.2, 0.25) is 5.02 Å². The van der Waals surface area contributed by atoms with E-state index in [-0.39, 0.29) is 5.91 Å². The molecule has 0 spiro atoms. The van der Waals surface area contributed by atoms with E-state index >= 15 is 0 Å². The van der Waals surface area contributed by atoms with E-state index in [1.165, 1.54) is 11.3 Å². The maximum Gasteiger partial charge on any atom is 0.269 e. The van der Waals surface area contributed by atoms with E-state index in [9.17, 15) is 4.79 Å². The molecule has 1 aromatic heterocycles. The molecular formula is C16H14ClN3OS2. The van der Waals surface area contributed by atoms with Crippen LogP contribution in [0.1, 0.15) is 15.9 Å². The zero-order valence-corrected chi connectivity index (χ0v) is 14.9. The van der Waals surface area contributed by atoms with Crippen LogP contribution in [0.25, 0.3) is 10.2 Å². The Balaban J connectivity index is 1.73. The van der Waals surface area contributed by atoms with Gasteiger partial charge in [-0.2, -0.15) is 0 Å². The Bertz CT molecular complexity index is 823. The maximum absolute atomic E-state index is 12.1. The third-order valence-electron chi connectivity index (χ3n) is 3.33. The van der Waals surface area contributed by atoms with Crippen molar-refractivity contribution >= 4 is 56.0 Å². The van der Waals surface area contributed by atoms with Crippen molar-refractivity contribution in [3.8, 4) is 0 Å². The largest absolute Gasteiger partial charge is 0.273 e. The molecule has 3 rings (SSSR count). The Kier molecular flexibility index (Phi) is 4.75. The zero-order valence-electron chi connectivity index (χ0n) is 12.5. The summed E-state index contributed by atoms with van der Waals surface area (Å²) < 4.78 is 0.910. The second-order valence-corrected chi connectivity index (χ2v) is 7.15. The monoisotopic (exact) mass is 363 g/mol. The lowest BCUT2D eigenvalue weighted by atomic mass is 10.2.